The zero-order chi connectivity index (χ0) is 106. The number of aliphatic hydroxyl groups excluding tert-OH is 1. The molecule has 10 unspecified atom stereocenters. The number of likely N-dealkylation sites (tertiary alicyclic amines) is 2. The van der Waals surface area contributed by atoms with Crippen molar-refractivity contribution in [3.8, 4) is 0 Å². The van der Waals surface area contributed by atoms with Crippen molar-refractivity contribution in [2.75, 3.05) is 26.2 Å². The fourth-order valence-electron chi connectivity index (χ4n) is 14.5. The Bertz CT molecular complexity index is 4500. The number of nitrogens with zero attached hydrogens (tertiary/aromatic N) is 2. The van der Waals surface area contributed by atoms with Crippen LogP contribution in [0.3, 0.4) is 0 Å². The van der Waals surface area contributed by atoms with E-state index >= 15 is 0 Å². The molecule has 47 heteroatoms. The largest absolute Gasteiger partial charge is 0.394 e. The molecule has 0 radical (unpaired) electrons. The van der Waals surface area contributed by atoms with E-state index in [1.807, 2.05) is 13.8 Å². The lowest BCUT2D eigenvalue weighted by atomic mass is 9.93. The topological polar surface area (TPSA) is 714 Å². The normalized spacial score (nSPS) is 16.4. The van der Waals surface area contributed by atoms with Gasteiger partial charge >= 0.3 is 0 Å². The van der Waals surface area contributed by atoms with Crippen molar-refractivity contribution in [2.24, 2.45) is 35.0 Å². The second-order valence-corrected chi connectivity index (χ2v) is 41.6. The van der Waals surface area contributed by atoms with Crippen molar-refractivity contribution in [3.63, 3.8) is 0 Å². The molecule has 2 rings (SSSR count). The van der Waals surface area contributed by atoms with Gasteiger partial charge in [0.25, 0.3) is 0 Å². The Morgan fingerprint density at radius 1 is 0.350 bits per heavy atom. The van der Waals surface area contributed by atoms with Crippen LogP contribution in [0.1, 0.15) is 277 Å². The monoisotopic (exact) mass is 1940 g/mol. The summed E-state index contributed by atoms with van der Waals surface area (Å²) in [6, 6.07) is -11.5. The predicted molar refractivity (Wildman–Crippen MR) is 500 cm³/mol. The highest BCUT2D eigenvalue weighted by Crippen LogP contribution is 2.27. The molecular formula is C90H155N23O24. The number of hydrogen-bond donors (Lipinski definition) is 22. The molecule has 774 valence electrons. The molecule has 0 bridgehead atoms. The van der Waals surface area contributed by atoms with E-state index in [0.29, 0.717) is 19.3 Å². The van der Waals surface area contributed by atoms with Crippen LogP contribution in [0.4, 0.5) is 0 Å². The van der Waals surface area contributed by atoms with Gasteiger partial charge in [0.1, 0.15) is 104 Å². The number of amides is 23. The average Bonchev–Trinajstić information content (AvgIpc) is 1.71. The van der Waals surface area contributed by atoms with Crippen molar-refractivity contribution in [2.45, 2.75) is 387 Å². The summed E-state index contributed by atoms with van der Waals surface area (Å²) in [6.07, 6.45) is -0.985. The number of carbonyl (C=O) groups is 23. The van der Waals surface area contributed by atoms with Gasteiger partial charge in [0.15, 0.2) is 0 Å². The third kappa shape index (κ3) is 37.0. The lowest BCUT2D eigenvalue weighted by Gasteiger charge is -2.37. The zero-order valence-corrected chi connectivity index (χ0v) is 84.9. The van der Waals surface area contributed by atoms with E-state index < -0.39 is 284 Å². The van der Waals surface area contributed by atoms with Gasteiger partial charge in [-0.05, 0) is 220 Å². The highest BCUT2D eigenvalue weighted by molar-refractivity contribution is 6.05. The summed E-state index contributed by atoms with van der Waals surface area (Å²) in [5.74, 6) is -20.2. The van der Waals surface area contributed by atoms with Crippen molar-refractivity contribution in [1.29, 1.82) is 0 Å². The standard InChI is InChI=1S/C90H155N23O24/c1-29-90(28,78(135)99-53(35-38-59(92)117)65(122)97-52(34-37-58(91)116)64(121)96-51(45-114)42-46(2)3)111-77(134)87(22,23)108-70(127)62(48(6)7)101-68(125)56-32-30-40-112(56)80(137)89(26,27)110-75(132)85(18,19)103-61(119)44-94-71(128)81(10,11)106-67(124)55(43-47(4)5)100-73(130)83(14,15)105-66(123)54(36-39-60(93)118)98-74(131)84(16,17)109-76(133)86(20,21)104-63(120)49(8)95-72(129)82(12,13)107-69(126)57-33-31-41-113(57)79(136)88(24,25)102-50(9)115/h46-49,51-57,62,114H,29-45H2,1-28H3,(H2,91,116)(H2,92,117)(H2,93,118)(H,94,128)(H,95,129)(H,96,121)(H,97,122)(H,98,131)(H,99,135)(H,100,130)(H,101,125)(H,102,115)(H,103,119)(H,104,120)(H,105,123)(H,106,124)(H,107,126)(H,108,127)(H,109,133)(H,110,132)(H,111,134). The number of rotatable bonds is 53. The van der Waals surface area contributed by atoms with Crippen LogP contribution in [0.15, 0.2) is 0 Å². The highest BCUT2D eigenvalue weighted by atomic mass is 16.3. The third-order valence-corrected chi connectivity index (χ3v) is 23.2. The van der Waals surface area contributed by atoms with Crippen LogP contribution in [0.25, 0.3) is 0 Å². The van der Waals surface area contributed by atoms with Crippen LogP contribution >= 0.6 is 0 Å². The molecule has 0 aromatic heterocycles. The van der Waals surface area contributed by atoms with Gasteiger partial charge in [-0.3, -0.25) is 110 Å². The predicted octanol–water partition coefficient (Wildman–Crippen LogP) is -4.61. The molecule has 23 amide bonds. The minimum Gasteiger partial charge on any atom is -0.394 e. The van der Waals surface area contributed by atoms with Crippen LogP contribution < -0.4 is 113 Å². The molecule has 137 heavy (non-hydrogen) atoms. The number of nitrogens with two attached hydrogens (primary N) is 3. The molecule has 2 fully saturated rings. The van der Waals surface area contributed by atoms with Gasteiger partial charge in [0.05, 0.1) is 19.2 Å². The molecule has 0 aliphatic carbocycles. The Kier molecular flexibility index (Phi) is 43.8. The first kappa shape index (κ1) is 121. The minimum absolute atomic E-state index is 0.0257. The number of primary amides is 3. The lowest BCUT2D eigenvalue weighted by Crippen LogP contribution is -2.67. The Morgan fingerprint density at radius 3 is 1.14 bits per heavy atom. The first-order valence-corrected chi connectivity index (χ1v) is 46.1. The van der Waals surface area contributed by atoms with Crippen molar-refractivity contribution in [1.82, 2.24) is 106 Å². The zero-order valence-electron chi connectivity index (χ0n) is 84.9. The summed E-state index contributed by atoms with van der Waals surface area (Å²) in [7, 11) is 0. The molecule has 2 heterocycles. The third-order valence-electron chi connectivity index (χ3n) is 23.2. The SMILES string of the molecule is CCC(C)(NC(=O)C(C)(C)NC(=O)C(NC(=O)C1CCCN1C(=O)C(C)(C)NC(=O)C(C)(C)NC(=O)CNC(=O)C(C)(C)NC(=O)C(CC(C)C)NC(=O)C(C)(C)NC(=O)C(CCC(N)=O)NC(=O)C(C)(C)NC(=O)C(C)(C)NC(=O)C(C)NC(=O)C(C)(C)NC(=O)C1CCCN1C(=O)C(C)(C)NC(C)=O)C(C)C)C(=O)NC(CCC(N)=O)C(=O)NC(CCC(N)=O)C(=O)NC(CO)CC(C)C. The number of carbonyl (C=O) groups excluding carboxylic acids is 23. The summed E-state index contributed by atoms with van der Waals surface area (Å²) in [6.45, 7) is 38.8. The van der Waals surface area contributed by atoms with Gasteiger partial charge in [-0.2, -0.15) is 0 Å². The van der Waals surface area contributed by atoms with Gasteiger partial charge in [0, 0.05) is 39.3 Å². The summed E-state index contributed by atoms with van der Waals surface area (Å²) in [5, 5.41) is 56.0. The van der Waals surface area contributed by atoms with Crippen LogP contribution in [-0.2, 0) is 110 Å². The molecule has 2 aliphatic heterocycles. The van der Waals surface area contributed by atoms with E-state index in [0.717, 1.165) is 0 Å². The molecule has 0 spiro atoms. The first-order chi connectivity index (χ1) is 62.4. The van der Waals surface area contributed by atoms with Gasteiger partial charge in [0.2, 0.25) is 136 Å². The van der Waals surface area contributed by atoms with Crippen LogP contribution in [0, 0.1) is 17.8 Å². The summed E-state index contributed by atoms with van der Waals surface area (Å²) in [4.78, 5) is 316. The van der Waals surface area contributed by atoms with E-state index in [2.05, 4.69) is 95.7 Å². The van der Waals surface area contributed by atoms with Crippen molar-refractivity contribution < 1.29 is 115 Å². The van der Waals surface area contributed by atoms with Gasteiger partial charge < -0.3 is 128 Å². The van der Waals surface area contributed by atoms with Gasteiger partial charge in [-0.25, -0.2) is 0 Å². The maximum absolute atomic E-state index is 14.5. The van der Waals surface area contributed by atoms with Crippen molar-refractivity contribution >= 4 is 136 Å². The highest BCUT2D eigenvalue weighted by Gasteiger charge is 2.50. The molecule has 2 aliphatic rings. The molecular weight excluding hydrogens is 1790 g/mol. The number of hydrogen-bond acceptors (Lipinski definition) is 24. The van der Waals surface area contributed by atoms with E-state index in [1.165, 1.54) is 162 Å². The Hall–Kier alpha value is -12.2. The van der Waals surface area contributed by atoms with E-state index in [-0.39, 0.29) is 69.9 Å². The fourth-order valence-corrected chi connectivity index (χ4v) is 14.5. The number of aliphatic hydroxyl groups is 1. The van der Waals surface area contributed by atoms with E-state index in [1.54, 1.807) is 27.7 Å². The quantitative estimate of drug-likeness (QED) is 0.0272. The molecule has 25 N–H and O–H groups in total. The lowest BCUT2D eigenvalue weighted by molar-refractivity contribution is -0.146. The van der Waals surface area contributed by atoms with Gasteiger partial charge in [-0.15, -0.1) is 0 Å². The molecule has 0 saturated carbocycles. The smallest absolute Gasteiger partial charge is 0.248 e. The maximum Gasteiger partial charge on any atom is 0.248 e. The Labute approximate surface area is 801 Å². The fraction of sp³-hybridized carbons (Fsp3) is 0.744. The van der Waals surface area contributed by atoms with Crippen molar-refractivity contribution in [3.05, 3.63) is 0 Å². The Morgan fingerprint density at radius 2 is 0.701 bits per heavy atom. The molecule has 47 nitrogen and oxygen atoms in total. The minimum atomic E-state index is -1.91. The average molecular weight is 1940 g/mol. The van der Waals surface area contributed by atoms with E-state index in [4.69, 9.17) is 17.2 Å². The Balaban J connectivity index is 2.17. The molecule has 0 aromatic rings. The van der Waals surface area contributed by atoms with Crippen LogP contribution in [0.2, 0.25) is 0 Å². The maximum atomic E-state index is 14.5. The van der Waals surface area contributed by atoms with Crippen LogP contribution in [0.5, 0.6) is 0 Å². The molecule has 2 saturated heterocycles. The molecule has 0 aromatic carbocycles. The van der Waals surface area contributed by atoms with E-state index in [9.17, 15) is 115 Å². The van der Waals surface area contributed by atoms with Gasteiger partial charge in [-0.1, -0.05) is 48.5 Å². The summed E-state index contributed by atoms with van der Waals surface area (Å²) in [5.41, 5.74) is -1.45. The summed E-state index contributed by atoms with van der Waals surface area (Å²) < 4.78 is 0. The molecule has 10 atom stereocenters. The second kappa shape index (κ2) is 49.7. The second-order valence-electron chi connectivity index (χ2n) is 41.6. The van der Waals surface area contributed by atoms with Crippen LogP contribution in [-0.4, -0.2) is 287 Å². The number of nitrogens with one attached hydrogen (secondary N) is 18. The first-order valence-electron chi connectivity index (χ1n) is 46.1. The summed E-state index contributed by atoms with van der Waals surface area (Å²) >= 11 is 0.